The molecule has 0 bridgehead atoms. The van der Waals surface area contributed by atoms with Crippen LogP contribution in [0.1, 0.15) is 42.6 Å². The SMILES string of the molecule is CCC(CC)Cc1ccc(C(=O)N(C)OC)cc1. The lowest BCUT2D eigenvalue weighted by Crippen LogP contribution is -2.25. The van der Waals surface area contributed by atoms with Gasteiger partial charge < -0.3 is 0 Å². The van der Waals surface area contributed by atoms with E-state index in [1.54, 1.807) is 7.05 Å². The molecule has 1 aromatic rings. The minimum absolute atomic E-state index is 0.119. The Morgan fingerprint density at radius 2 is 1.78 bits per heavy atom. The molecule has 0 spiro atoms. The molecule has 0 radical (unpaired) electrons. The standard InChI is InChI=1S/C15H23NO2/c1-5-12(6-2)11-13-7-9-14(10-8-13)15(17)16(3)18-4/h7-10,12H,5-6,11H2,1-4H3. The fraction of sp³-hybridized carbons (Fsp3) is 0.533. The van der Waals surface area contributed by atoms with Crippen molar-refractivity contribution < 1.29 is 9.63 Å². The van der Waals surface area contributed by atoms with Gasteiger partial charge in [0.25, 0.3) is 5.91 Å². The number of hydrogen-bond acceptors (Lipinski definition) is 2. The highest BCUT2D eigenvalue weighted by Crippen LogP contribution is 2.16. The highest BCUT2D eigenvalue weighted by Gasteiger charge is 2.11. The van der Waals surface area contributed by atoms with Gasteiger partial charge in [0, 0.05) is 12.6 Å². The fourth-order valence-electron chi connectivity index (χ4n) is 1.96. The average Bonchev–Trinajstić information content (AvgIpc) is 2.43. The van der Waals surface area contributed by atoms with Crippen molar-refractivity contribution in [3.8, 4) is 0 Å². The van der Waals surface area contributed by atoms with Crippen molar-refractivity contribution in [2.75, 3.05) is 14.2 Å². The zero-order valence-corrected chi connectivity index (χ0v) is 11.8. The first-order chi connectivity index (χ1) is 8.62. The minimum Gasteiger partial charge on any atom is -0.274 e. The molecule has 0 atom stereocenters. The van der Waals surface area contributed by atoms with Crippen molar-refractivity contribution in [2.24, 2.45) is 5.92 Å². The number of hydroxylamine groups is 2. The Kier molecular flexibility index (Phi) is 5.86. The molecule has 0 aliphatic heterocycles. The highest BCUT2D eigenvalue weighted by atomic mass is 16.7. The van der Waals surface area contributed by atoms with Gasteiger partial charge >= 0.3 is 0 Å². The molecule has 0 fully saturated rings. The van der Waals surface area contributed by atoms with Crippen molar-refractivity contribution in [1.82, 2.24) is 5.06 Å². The highest BCUT2D eigenvalue weighted by molar-refractivity contribution is 5.93. The molecule has 0 saturated heterocycles. The van der Waals surface area contributed by atoms with Crippen molar-refractivity contribution in [3.63, 3.8) is 0 Å². The molecule has 18 heavy (non-hydrogen) atoms. The zero-order valence-electron chi connectivity index (χ0n) is 11.8. The van der Waals surface area contributed by atoms with Crippen LogP contribution in [0.4, 0.5) is 0 Å². The summed E-state index contributed by atoms with van der Waals surface area (Å²) in [5.74, 6) is 0.611. The van der Waals surface area contributed by atoms with E-state index < -0.39 is 0 Å². The van der Waals surface area contributed by atoms with Crippen LogP contribution in [0.3, 0.4) is 0 Å². The van der Waals surface area contributed by atoms with E-state index in [1.165, 1.54) is 30.6 Å². The monoisotopic (exact) mass is 249 g/mol. The van der Waals surface area contributed by atoms with Crippen molar-refractivity contribution in [1.29, 1.82) is 0 Å². The Hall–Kier alpha value is -1.35. The molecule has 1 rings (SSSR count). The summed E-state index contributed by atoms with van der Waals surface area (Å²) in [4.78, 5) is 16.7. The Morgan fingerprint density at radius 1 is 1.22 bits per heavy atom. The lowest BCUT2D eigenvalue weighted by molar-refractivity contribution is -0.0756. The van der Waals surface area contributed by atoms with Crippen LogP contribution in [-0.2, 0) is 11.3 Å². The Morgan fingerprint density at radius 3 is 2.22 bits per heavy atom. The summed E-state index contributed by atoms with van der Waals surface area (Å²) in [7, 11) is 3.10. The molecular formula is C15H23NO2. The quantitative estimate of drug-likeness (QED) is 0.724. The van der Waals surface area contributed by atoms with Crippen molar-refractivity contribution >= 4 is 5.91 Å². The van der Waals surface area contributed by atoms with Gasteiger partial charge in [0.15, 0.2) is 0 Å². The molecule has 0 aliphatic rings. The van der Waals surface area contributed by atoms with Crippen LogP contribution in [-0.4, -0.2) is 25.1 Å². The van der Waals surface area contributed by atoms with Crippen LogP contribution in [0.5, 0.6) is 0 Å². The third-order valence-corrected chi connectivity index (χ3v) is 3.44. The molecule has 0 aliphatic carbocycles. The van der Waals surface area contributed by atoms with Crippen LogP contribution >= 0.6 is 0 Å². The molecule has 0 aromatic heterocycles. The molecule has 1 aromatic carbocycles. The summed E-state index contributed by atoms with van der Waals surface area (Å²) in [6.07, 6.45) is 3.48. The largest absolute Gasteiger partial charge is 0.277 e. The van der Waals surface area contributed by atoms with E-state index in [2.05, 4.69) is 13.8 Å². The van der Waals surface area contributed by atoms with Crippen molar-refractivity contribution in [3.05, 3.63) is 35.4 Å². The minimum atomic E-state index is -0.119. The van der Waals surface area contributed by atoms with Crippen LogP contribution in [0.2, 0.25) is 0 Å². The Labute approximate surface area is 110 Å². The number of benzene rings is 1. The van der Waals surface area contributed by atoms with Crippen LogP contribution in [0.15, 0.2) is 24.3 Å². The van der Waals surface area contributed by atoms with E-state index in [9.17, 15) is 4.79 Å². The molecule has 1 amide bonds. The smallest absolute Gasteiger partial charge is 0.274 e. The predicted molar refractivity (Wildman–Crippen MR) is 73.3 cm³/mol. The Balaban J connectivity index is 2.71. The number of nitrogens with zero attached hydrogens (tertiary/aromatic N) is 1. The van der Waals surface area contributed by atoms with Crippen molar-refractivity contribution in [2.45, 2.75) is 33.1 Å². The van der Waals surface area contributed by atoms with Gasteiger partial charge in [-0.3, -0.25) is 9.63 Å². The molecule has 100 valence electrons. The first-order valence-electron chi connectivity index (χ1n) is 6.53. The van der Waals surface area contributed by atoms with E-state index in [0.29, 0.717) is 5.56 Å². The van der Waals surface area contributed by atoms with Gasteiger partial charge in [-0.25, -0.2) is 5.06 Å². The van der Waals surface area contributed by atoms with Crippen LogP contribution < -0.4 is 0 Å². The maximum atomic E-state index is 11.8. The zero-order chi connectivity index (χ0) is 13.5. The number of rotatable bonds is 6. The summed E-state index contributed by atoms with van der Waals surface area (Å²) in [5.41, 5.74) is 1.95. The fourth-order valence-corrected chi connectivity index (χ4v) is 1.96. The van der Waals surface area contributed by atoms with E-state index in [0.717, 1.165) is 12.3 Å². The van der Waals surface area contributed by atoms with Gasteiger partial charge in [-0.05, 0) is 30.0 Å². The Bertz CT molecular complexity index is 369. The molecule has 0 saturated carbocycles. The van der Waals surface area contributed by atoms with Crippen LogP contribution in [0, 0.1) is 5.92 Å². The van der Waals surface area contributed by atoms with E-state index in [-0.39, 0.29) is 5.91 Å². The second-order valence-electron chi connectivity index (χ2n) is 4.57. The molecular weight excluding hydrogens is 226 g/mol. The van der Waals surface area contributed by atoms with Gasteiger partial charge in [-0.1, -0.05) is 38.8 Å². The molecule has 3 nitrogen and oxygen atoms in total. The van der Waals surface area contributed by atoms with Crippen LogP contribution in [0.25, 0.3) is 0 Å². The van der Waals surface area contributed by atoms with Gasteiger partial charge in [0.1, 0.15) is 0 Å². The number of carbonyl (C=O) groups is 1. The van der Waals surface area contributed by atoms with Gasteiger partial charge in [-0.15, -0.1) is 0 Å². The lowest BCUT2D eigenvalue weighted by Gasteiger charge is -2.15. The third kappa shape index (κ3) is 3.84. The van der Waals surface area contributed by atoms with E-state index in [4.69, 9.17) is 4.84 Å². The number of hydrogen-bond donors (Lipinski definition) is 0. The summed E-state index contributed by atoms with van der Waals surface area (Å²) in [6.45, 7) is 4.44. The second kappa shape index (κ2) is 7.17. The maximum absolute atomic E-state index is 11.8. The number of carbonyl (C=O) groups excluding carboxylic acids is 1. The molecule has 3 heteroatoms. The molecule has 0 N–H and O–H groups in total. The normalized spacial score (nSPS) is 10.7. The van der Waals surface area contributed by atoms with Gasteiger partial charge in [0.2, 0.25) is 0 Å². The topological polar surface area (TPSA) is 29.5 Å². The second-order valence-corrected chi connectivity index (χ2v) is 4.57. The molecule has 0 unspecified atom stereocenters. The summed E-state index contributed by atoms with van der Waals surface area (Å²) in [5, 5.41) is 1.23. The van der Waals surface area contributed by atoms with Gasteiger partial charge in [-0.2, -0.15) is 0 Å². The third-order valence-electron chi connectivity index (χ3n) is 3.44. The van der Waals surface area contributed by atoms with E-state index in [1.807, 2.05) is 24.3 Å². The number of amides is 1. The first-order valence-corrected chi connectivity index (χ1v) is 6.53. The van der Waals surface area contributed by atoms with Gasteiger partial charge in [0.05, 0.1) is 7.11 Å². The van der Waals surface area contributed by atoms with E-state index >= 15 is 0 Å². The predicted octanol–water partition coefficient (Wildman–Crippen LogP) is 3.30. The lowest BCUT2D eigenvalue weighted by atomic mass is 9.94. The molecule has 0 heterocycles. The summed E-state index contributed by atoms with van der Waals surface area (Å²) < 4.78 is 0. The average molecular weight is 249 g/mol. The first kappa shape index (κ1) is 14.7. The summed E-state index contributed by atoms with van der Waals surface area (Å²) >= 11 is 0. The summed E-state index contributed by atoms with van der Waals surface area (Å²) in [6, 6.07) is 7.81. The maximum Gasteiger partial charge on any atom is 0.277 e.